The van der Waals surface area contributed by atoms with Crippen LogP contribution in [-0.4, -0.2) is 28.0 Å². The number of nitrogens with two attached hydrogens (primary N) is 1. The zero-order valence-corrected chi connectivity index (χ0v) is 13.0. The molecule has 5 nitrogen and oxygen atoms in total. The maximum Gasteiger partial charge on any atom is 0.234 e. The van der Waals surface area contributed by atoms with E-state index in [1.807, 2.05) is 6.33 Å². The number of carbonyl (C=O) groups excluding carboxylic acids is 1. The average Bonchev–Trinajstić information content (AvgIpc) is 2.81. The van der Waals surface area contributed by atoms with Crippen LogP contribution in [0.4, 0.5) is 0 Å². The van der Waals surface area contributed by atoms with Crippen LogP contribution in [0.5, 0.6) is 0 Å². The summed E-state index contributed by atoms with van der Waals surface area (Å²) in [4.78, 5) is 15.9. The smallest absolute Gasteiger partial charge is 0.234 e. The van der Waals surface area contributed by atoms with Gasteiger partial charge >= 0.3 is 0 Å². The van der Waals surface area contributed by atoms with Gasteiger partial charge in [0.05, 0.1) is 23.4 Å². The lowest BCUT2D eigenvalue weighted by molar-refractivity contribution is -0.120. The van der Waals surface area contributed by atoms with E-state index in [-0.39, 0.29) is 11.9 Å². The Labute approximate surface area is 125 Å². The first-order valence-electron chi connectivity index (χ1n) is 7.47. The Bertz CT molecular complexity index is 632. The number of hydrogen-bond donors (Lipinski definition) is 2. The van der Waals surface area contributed by atoms with Crippen molar-refractivity contribution in [2.75, 3.05) is 6.54 Å². The third-order valence-corrected chi connectivity index (χ3v) is 3.88. The maximum atomic E-state index is 11.5. The molecule has 0 aliphatic rings. The van der Waals surface area contributed by atoms with E-state index in [4.69, 9.17) is 5.73 Å². The molecule has 0 saturated heterocycles. The summed E-state index contributed by atoms with van der Waals surface area (Å²) in [5.74, 6) is -0.292. The van der Waals surface area contributed by atoms with E-state index in [0.717, 1.165) is 30.5 Å². The Morgan fingerprint density at radius 2 is 2.10 bits per heavy atom. The molecule has 114 valence electrons. The highest BCUT2D eigenvalue weighted by atomic mass is 16.1. The summed E-state index contributed by atoms with van der Waals surface area (Å²) in [6.45, 7) is 7.78. The summed E-state index contributed by atoms with van der Waals surface area (Å²) in [5, 5.41) is 3.19. The SMILES string of the molecule is CCCNC(CCn1cnc2cc(C)c(C)cc21)C(N)=O. The van der Waals surface area contributed by atoms with Crippen molar-refractivity contribution in [3.63, 3.8) is 0 Å². The van der Waals surface area contributed by atoms with E-state index in [9.17, 15) is 4.79 Å². The molecule has 0 aliphatic heterocycles. The van der Waals surface area contributed by atoms with Gasteiger partial charge in [0.2, 0.25) is 5.91 Å². The van der Waals surface area contributed by atoms with E-state index in [1.54, 1.807) is 0 Å². The van der Waals surface area contributed by atoms with E-state index >= 15 is 0 Å². The van der Waals surface area contributed by atoms with Gasteiger partial charge in [-0.2, -0.15) is 0 Å². The molecular weight excluding hydrogens is 264 g/mol. The summed E-state index contributed by atoms with van der Waals surface area (Å²) in [6, 6.07) is 3.97. The molecular formula is C16H24N4O. The van der Waals surface area contributed by atoms with Crippen molar-refractivity contribution in [2.45, 2.75) is 46.2 Å². The Hall–Kier alpha value is -1.88. The summed E-state index contributed by atoms with van der Waals surface area (Å²) < 4.78 is 2.09. The Morgan fingerprint density at radius 1 is 1.38 bits per heavy atom. The summed E-state index contributed by atoms with van der Waals surface area (Å²) in [7, 11) is 0. The third kappa shape index (κ3) is 3.61. The number of nitrogens with one attached hydrogen (secondary N) is 1. The third-order valence-electron chi connectivity index (χ3n) is 3.88. The Kier molecular flexibility index (Phi) is 4.96. The van der Waals surface area contributed by atoms with Gasteiger partial charge in [-0.3, -0.25) is 4.79 Å². The average molecular weight is 288 g/mol. The van der Waals surface area contributed by atoms with Crippen molar-refractivity contribution in [2.24, 2.45) is 5.73 Å². The number of benzene rings is 1. The molecule has 2 aromatic rings. The minimum atomic E-state index is -0.292. The van der Waals surface area contributed by atoms with Gasteiger partial charge < -0.3 is 15.6 Å². The molecule has 0 aliphatic carbocycles. The van der Waals surface area contributed by atoms with Gasteiger partial charge in [0.1, 0.15) is 0 Å². The van der Waals surface area contributed by atoms with E-state index in [2.05, 4.69) is 47.8 Å². The second-order valence-corrected chi connectivity index (χ2v) is 5.56. The van der Waals surface area contributed by atoms with Crippen molar-refractivity contribution >= 4 is 16.9 Å². The molecule has 1 unspecified atom stereocenters. The molecule has 1 heterocycles. The minimum Gasteiger partial charge on any atom is -0.368 e. The van der Waals surface area contributed by atoms with Crippen LogP contribution in [0, 0.1) is 13.8 Å². The number of aryl methyl sites for hydroxylation is 3. The van der Waals surface area contributed by atoms with Crippen LogP contribution in [-0.2, 0) is 11.3 Å². The number of carbonyl (C=O) groups is 1. The van der Waals surface area contributed by atoms with Gasteiger partial charge in [-0.25, -0.2) is 4.98 Å². The van der Waals surface area contributed by atoms with Crippen molar-refractivity contribution in [3.8, 4) is 0 Å². The molecule has 2 rings (SSSR count). The molecule has 1 aromatic heterocycles. The highest BCUT2D eigenvalue weighted by molar-refractivity contribution is 5.80. The van der Waals surface area contributed by atoms with Crippen LogP contribution in [0.15, 0.2) is 18.5 Å². The zero-order chi connectivity index (χ0) is 15.4. The fourth-order valence-corrected chi connectivity index (χ4v) is 2.42. The molecule has 21 heavy (non-hydrogen) atoms. The fourth-order valence-electron chi connectivity index (χ4n) is 2.42. The van der Waals surface area contributed by atoms with Gasteiger partial charge in [0.25, 0.3) is 0 Å². The summed E-state index contributed by atoms with van der Waals surface area (Å²) in [5.41, 5.74) is 10.0. The van der Waals surface area contributed by atoms with E-state index in [1.165, 1.54) is 11.1 Å². The second kappa shape index (κ2) is 6.72. The Balaban J connectivity index is 2.12. The number of nitrogens with zero attached hydrogens (tertiary/aromatic N) is 2. The predicted molar refractivity (Wildman–Crippen MR) is 85.1 cm³/mol. The number of imidazole rings is 1. The van der Waals surface area contributed by atoms with E-state index < -0.39 is 0 Å². The number of aromatic nitrogens is 2. The van der Waals surface area contributed by atoms with Crippen molar-refractivity contribution < 1.29 is 4.79 Å². The molecule has 0 bridgehead atoms. The first-order chi connectivity index (χ1) is 10.0. The standard InChI is InChI=1S/C16H24N4O/c1-4-6-18-13(16(17)21)5-7-20-10-19-14-8-11(2)12(3)9-15(14)20/h8-10,13,18H,4-7H2,1-3H3,(H2,17,21). The molecule has 1 atom stereocenters. The molecule has 5 heteroatoms. The van der Waals surface area contributed by atoms with Crippen LogP contribution in [0.25, 0.3) is 11.0 Å². The first kappa shape index (κ1) is 15.5. The van der Waals surface area contributed by atoms with Crippen LogP contribution in [0.2, 0.25) is 0 Å². The number of amides is 1. The van der Waals surface area contributed by atoms with Gasteiger partial charge in [-0.15, -0.1) is 0 Å². The molecule has 1 amide bonds. The molecule has 0 saturated carbocycles. The lowest BCUT2D eigenvalue weighted by Crippen LogP contribution is -2.42. The van der Waals surface area contributed by atoms with Crippen LogP contribution in [0.3, 0.4) is 0 Å². The topological polar surface area (TPSA) is 72.9 Å². The summed E-state index contributed by atoms with van der Waals surface area (Å²) in [6.07, 6.45) is 3.49. The van der Waals surface area contributed by atoms with Gasteiger partial charge in [0.15, 0.2) is 0 Å². The number of hydrogen-bond acceptors (Lipinski definition) is 3. The normalized spacial score (nSPS) is 12.7. The Morgan fingerprint density at radius 3 is 2.76 bits per heavy atom. The molecule has 0 spiro atoms. The van der Waals surface area contributed by atoms with Crippen LogP contribution in [0.1, 0.15) is 30.9 Å². The largest absolute Gasteiger partial charge is 0.368 e. The predicted octanol–water partition coefficient (Wildman–Crippen LogP) is 1.90. The quantitative estimate of drug-likeness (QED) is 0.817. The molecule has 0 radical (unpaired) electrons. The highest BCUT2D eigenvalue weighted by Crippen LogP contribution is 2.18. The molecule has 1 aromatic carbocycles. The molecule has 0 fully saturated rings. The molecule has 3 N–H and O–H groups in total. The van der Waals surface area contributed by atoms with Gasteiger partial charge in [-0.1, -0.05) is 6.92 Å². The van der Waals surface area contributed by atoms with Crippen LogP contribution < -0.4 is 11.1 Å². The maximum absolute atomic E-state index is 11.5. The lowest BCUT2D eigenvalue weighted by atomic mass is 10.1. The first-order valence-corrected chi connectivity index (χ1v) is 7.47. The van der Waals surface area contributed by atoms with Crippen LogP contribution >= 0.6 is 0 Å². The van der Waals surface area contributed by atoms with Crippen molar-refractivity contribution in [3.05, 3.63) is 29.6 Å². The number of rotatable bonds is 7. The monoisotopic (exact) mass is 288 g/mol. The summed E-state index contributed by atoms with van der Waals surface area (Å²) >= 11 is 0. The van der Waals surface area contributed by atoms with Crippen molar-refractivity contribution in [1.82, 2.24) is 14.9 Å². The number of primary amides is 1. The highest BCUT2D eigenvalue weighted by Gasteiger charge is 2.14. The van der Waals surface area contributed by atoms with E-state index in [0.29, 0.717) is 6.42 Å². The van der Waals surface area contributed by atoms with Gasteiger partial charge in [0, 0.05) is 6.54 Å². The minimum absolute atomic E-state index is 0.283. The zero-order valence-electron chi connectivity index (χ0n) is 13.0. The second-order valence-electron chi connectivity index (χ2n) is 5.56. The van der Waals surface area contributed by atoms with Crippen molar-refractivity contribution in [1.29, 1.82) is 0 Å². The fraction of sp³-hybridized carbons (Fsp3) is 0.500. The number of fused-ring (bicyclic) bond motifs is 1. The lowest BCUT2D eigenvalue weighted by Gasteiger charge is -2.15. The van der Waals surface area contributed by atoms with Gasteiger partial charge in [-0.05, 0) is 56.5 Å².